The van der Waals surface area contributed by atoms with Gasteiger partial charge in [0.15, 0.2) is 11.5 Å². The maximum Gasteiger partial charge on any atom is 0.281 e. The molecule has 1 N–H and O–H groups in total. The molecular weight excluding hydrogens is 360 g/mol. The molecule has 1 atom stereocenters. The molecule has 1 aromatic heterocycles. The molecule has 0 radical (unpaired) electrons. The summed E-state index contributed by atoms with van der Waals surface area (Å²) in [5.74, 6) is 1.88. The van der Waals surface area contributed by atoms with Crippen LogP contribution >= 0.6 is 11.3 Å². The van der Waals surface area contributed by atoms with Crippen molar-refractivity contribution in [2.24, 2.45) is 11.0 Å². The number of fused-ring (bicyclic) bond motifs is 1. The summed E-state index contributed by atoms with van der Waals surface area (Å²) in [7, 11) is 3.19. The molecule has 1 aliphatic carbocycles. The maximum atomic E-state index is 12.5. The monoisotopic (exact) mass is 386 g/mol. The van der Waals surface area contributed by atoms with Crippen molar-refractivity contribution in [3.05, 3.63) is 45.1 Å². The quantitative estimate of drug-likeness (QED) is 0.590. The van der Waals surface area contributed by atoms with Gasteiger partial charge in [0, 0.05) is 10.4 Å². The van der Waals surface area contributed by atoms with Crippen LogP contribution in [0.4, 0.5) is 0 Å². The smallest absolute Gasteiger partial charge is 0.281 e. The molecular formula is C21H26N2O3S. The van der Waals surface area contributed by atoms with E-state index in [1.165, 1.54) is 23.3 Å². The molecule has 0 aliphatic heterocycles. The molecule has 0 bridgehead atoms. The van der Waals surface area contributed by atoms with E-state index >= 15 is 0 Å². The number of benzene rings is 1. The van der Waals surface area contributed by atoms with Gasteiger partial charge in [0.25, 0.3) is 5.91 Å². The number of methoxy groups -OCH3 is 2. The van der Waals surface area contributed by atoms with Crippen LogP contribution in [-0.4, -0.2) is 25.8 Å². The number of thiophene rings is 1. The Labute approximate surface area is 164 Å². The number of carbonyl (C=O) groups is 1. The first kappa shape index (κ1) is 19.4. The van der Waals surface area contributed by atoms with Crippen LogP contribution in [0.2, 0.25) is 0 Å². The molecule has 1 heterocycles. The van der Waals surface area contributed by atoms with Crippen molar-refractivity contribution in [2.75, 3.05) is 14.2 Å². The number of hydrogen-bond donors (Lipinski definition) is 1. The highest BCUT2D eigenvalue weighted by atomic mass is 32.1. The Morgan fingerprint density at radius 3 is 2.74 bits per heavy atom. The number of rotatable bonds is 6. The van der Waals surface area contributed by atoms with E-state index in [2.05, 4.69) is 17.5 Å². The summed E-state index contributed by atoms with van der Waals surface area (Å²) in [6.45, 7) is 4.09. The second-order valence-electron chi connectivity index (χ2n) is 6.78. The lowest BCUT2D eigenvalue weighted by molar-refractivity contribution is 0.0959. The minimum absolute atomic E-state index is 0.151. The molecule has 0 unspecified atom stereocenters. The Morgan fingerprint density at radius 1 is 1.26 bits per heavy atom. The van der Waals surface area contributed by atoms with Gasteiger partial charge in [-0.05, 0) is 61.9 Å². The van der Waals surface area contributed by atoms with Crippen molar-refractivity contribution in [1.29, 1.82) is 0 Å². The third kappa shape index (κ3) is 4.33. The summed E-state index contributed by atoms with van der Waals surface area (Å²) in [6, 6.07) is 7.60. The highest BCUT2D eigenvalue weighted by Crippen LogP contribution is 2.33. The highest BCUT2D eigenvalue weighted by Gasteiger charge is 2.22. The first-order chi connectivity index (χ1) is 13.0. The Balaban J connectivity index is 1.70. The van der Waals surface area contributed by atoms with Crippen molar-refractivity contribution < 1.29 is 14.3 Å². The van der Waals surface area contributed by atoms with Crippen LogP contribution in [0, 0.1) is 5.92 Å². The minimum Gasteiger partial charge on any atom is -0.493 e. The van der Waals surface area contributed by atoms with Gasteiger partial charge in [-0.3, -0.25) is 4.79 Å². The van der Waals surface area contributed by atoms with Gasteiger partial charge >= 0.3 is 0 Å². The Hall–Kier alpha value is -2.34. The molecule has 5 nitrogen and oxygen atoms in total. The lowest BCUT2D eigenvalue weighted by Crippen LogP contribution is -2.18. The Morgan fingerprint density at radius 2 is 2.04 bits per heavy atom. The van der Waals surface area contributed by atoms with Crippen molar-refractivity contribution in [3.8, 4) is 11.5 Å². The van der Waals surface area contributed by atoms with Crippen LogP contribution in [0.15, 0.2) is 29.4 Å². The van der Waals surface area contributed by atoms with Crippen LogP contribution < -0.4 is 14.9 Å². The highest BCUT2D eigenvalue weighted by molar-refractivity contribution is 7.14. The molecule has 1 aromatic carbocycles. The van der Waals surface area contributed by atoms with Gasteiger partial charge in [0.2, 0.25) is 0 Å². The van der Waals surface area contributed by atoms with E-state index in [1.54, 1.807) is 25.6 Å². The second kappa shape index (κ2) is 8.57. The molecule has 0 saturated heterocycles. The Bertz CT molecular complexity index is 857. The summed E-state index contributed by atoms with van der Waals surface area (Å²) >= 11 is 1.60. The van der Waals surface area contributed by atoms with Crippen LogP contribution in [0.25, 0.3) is 0 Å². The van der Waals surface area contributed by atoms with E-state index in [0.29, 0.717) is 17.2 Å². The Kier molecular flexibility index (Phi) is 6.16. The zero-order chi connectivity index (χ0) is 19.4. The van der Waals surface area contributed by atoms with Crippen molar-refractivity contribution in [3.63, 3.8) is 0 Å². The fourth-order valence-electron chi connectivity index (χ4n) is 3.38. The molecule has 27 heavy (non-hydrogen) atoms. The van der Waals surface area contributed by atoms with Gasteiger partial charge in [-0.25, -0.2) is 5.43 Å². The minimum atomic E-state index is -0.151. The average molecular weight is 387 g/mol. The number of ether oxygens (including phenoxy) is 2. The summed E-state index contributed by atoms with van der Waals surface area (Å²) in [4.78, 5) is 14.6. The van der Waals surface area contributed by atoms with E-state index in [-0.39, 0.29) is 5.91 Å². The normalized spacial score (nSPS) is 16.6. The number of hydrazone groups is 1. The van der Waals surface area contributed by atoms with Gasteiger partial charge in [0.05, 0.1) is 24.8 Å². The van der Waals surface area contributed by atoms with Gasteiger partial charge in [-0.1, -0.05) is 13.3 Å². The van der Waals surface area contributed by atoms with Crippen molar-refractivity contribution >= 4 is 23.0 Å². The molecule has 1 amide bonds. The fourth-order valence-corrected chi connectivity index (χ4v) is 4.47. The first-order valence-corrected chi connectivity index (χ1v) is 10.1. The molecule has 3 rings (SSSR count). The number of hydrogen-bond acceptors (Lipinski definition) is 5. The summed E-state index contributed by atoms with van der Waals surface area (Å²) < 4.78 is 10.6. The van der Waals surface area contributed by atoms with Gasteiger partial charge in [-0.15, -0.1) is 11.3 Å². The zero-order valence-corrected chi connectivity index (χ0v) is 17.1. The predicted molar refractivity (Wildman–Crippen MR) is 109 cm³/mol. The van der Waals surface area contributed by atoms with Gasteiger partial charge in [0.1, 0.15) is 0 Å². The predicted octanol–water partition coefficient (Wildman–Crippen LogP) is 4.43. The van der Waals surface area contributed by atoms with Crippen molar-refractivity contribution in [1.82, 2.24) is 5.43 Å². The standard InChI is InChI=1S/C21H26N2O3S/c1-5-14-6-9-19-16(10-14)12-20(27-19)21(24)23-22-13(2)15-7-8-17(25-3)18(11-15)26-4/h7-8,11-12,14H,5-6,9-10H2,1-4H3,(H,23,24)/b22-13-/t14-/m1/s1. The molecule has 0 saturated carbocycles. The zero-order valence-electron chi connectivity index (χ0n) is 16.3. The number of aryl methyl sites for hydroxylation is 1. The number of amides is 1. The van der Waals surface area contributed by atoms with Gasteiger partial charge < -0.3 is 9.47 Å². The van der Waals surface area contributed by atoms with Crippen LogP contribution in [-0.2, 0) is 12.8 Å². The molecule has 0 fully saturated rings. The SMILES string of the molecule is CC[C@@H]1CCc2sc(C(=O)N/N=C(/C)c3ccc(OC)c(OC)c3)cc2C1. The van der Waals surface area contributed by atoms with Gasteiger partial charge in [-0.2, -0.15) is 5.10 Å². The average Bonchev–Trinajstić information content (AvgIpc) is 3.14. The van der Waals surface area contributed by atoms with E-state index in [4.69, 9.17) is 9.47 Å². The third-order valence-electron chi connectivity index (χ3n) is 5.11. The van der Waals surface area contributed by atoms with Crippen LogP contribution in [0.1, 0.15) is 52.4 Å². The third-order valence-corrected chi connectivity index (χ3v) is 6.35. The molecule has 0 spiro atoms. The molecule has 2 aromatic rings. The first-order valence-electron chi connectivity index (χ1n) is 9.24. The summed E-state index contributed by atoms with van der Waals surface area (Å²) in [6.07, 6.45) is 4.59. The van der Waals surface area contributed by atoms with Crippen LogP contribution in [0.3, 0.4) is 0 Å². The number of nitrogens with one attached hydrogen (secondary N) is 1. The van der Waals surface area contributed by atoms with E-state index < -0.39 is 0 Å². The van der Waals surface area contributed by atoms with E-state index in [9.17, 15) is 4.79 Å². The topological polar surface area (TPSA) is 59.9 Å². The lowest BCUT2D eigenvalue weighted by Gasteiger charge is -2.19. The number of nitrogens with zero attached hydrogens (tertiary/aromatic N) is 1. The largest absolute Gasteiger partial charge is 0.493 e. The summed E-state index contributed by atoms with van der Waals surface area (Å²) in [5, 5.41) is 4.27. The van der Waals surface area contributed by atoms with Crippen LogP contribution in [0.5, 0.6) is 11.5 Å². The van der Waals surface area contributed by atoms with Crippen molar-refractivity contribution in [2.45, 2.75) is 39.5 Å². The lowest BCUT2D eigenvalue weighted by atomic mass is 9.87. The molecule has 6 heteroatoms. The maximum absolute atomic E-state index is 12.5. The van der Waals surface area contributed by atoms with E-state index in [0.717, 1.165) is 29.2 Å². The molecule has 144 valence electrons. The van der Waals surface area contributed by atoms with E-state index in [1.807, 2.05) is 31.2 Å². The fraction of sp³-hybridized carbons (Fsp3) is 0.429. The summed E-state index contributed by atoms with van der Waals surface area (Å²) in [5.41, 5.74) is 5.59. The second-order valence-corrected chi connectivity index (χ2v) is 7.92. The molecule has 1 aliphatic rings. The number of carbonyl (C=O) groups excluding carboxylic acids is 1.